The molecule has 0 unspecified atom stereocenters. The zero-order chi connectivity index (χ0) is 5.70. The average Bonchev–Trinajstić information content (AvgIpc) is 2.02. The van der Waals surface area contributed by atoms with Gasteiger partial charge in [-0.25, -0.2) is 0 Å². The zero-order valence-corrected chi connectivity index (χ0v) is 4.93. The fraction of sp³-hybridized carbons (Fsp3) is 1.00. The van der Waals surface area contributed by atoms with Crippen molar-refractivity contribution in [1.82, 2.24) is 0 Å². The van der Waals surface area contributed by atoms with Gasteiger partial charge in [-0.2, -0.15) is 0 Å². The van der Waals surface area contributed by atoms with Gasteiger partial charge >= 0.3 is 26.8 Å². The summed E-state index contributed by atoms with van der Waals surface area (Å²) in [6.07, 6.45) is 0. The molecule has 42 valence electrons. The van der Waals surface area contributed by atoms with E-state index in [1.54, 1.807) is 0 Å². The van der Waals surface area contributed by atoms with Gasteiger partial charge in [-0.15, -0.1) is 0 Å². The molecule has 0 saturated carbocycles. The van der Waals surface area contributed by atoms with Crippen LogP contribution in [0.3, 0.4) is 0 Å². The minimum absolute atomic E-state index is 1.00. The molecule has 7 heavy (non-hydrogen) atoms. The van der Waals surface area contributed by atoms with E-state index >= 15 is 0 Å². The normalized spacial score (nSPS) is 13.9. The minimum atomic E-state index is -3.69. The average molecular weight is 144 g/mol. The molecule has 0 spiro atoms. The summed E-state index contributed by atoms with van der Waals surface area (Å²) in [4.78, 5) is 0. The summed E-state index contributed by atoms with van der Waals surface area (Å²) in [5.41, 5.74) is 0. The SMILES string of the molecule is C1CO1.[O]=[V](=[O])[OH]. The van der Waals surface area contributed by atoms with Crippen LogP contribution in [0.4, 0.5) is 0 Å². The van der Waals surface area contributed by atoms with Crippen LogP contribution in [0.2, 0.25) is 0 Å². The van der Waals surface area contributed by atoms with Crippen molar-refractivity contribution >= 4 is 0 Å². The van der Waals surface area contributed by atoms with Gasteiger partial charge < -0.3 is 4.74 Å². The Bertz CT molecular complexity index is 83.1. The van der Waals surface area contributed by atoms with Crippen molar-refractivity contribution in [3.8, 4) is 0 Å². The molecule has 0 aliphatic carbocycles. The van der Waals surface area contributed by atoms with Crippen LogP contribution in [0.25, 0.3) is 0 Å². The number of epoxide rings is 1. The molecule has 0 radical (unpaired) electrons. The zero-order valence-electron chi connectivity index (χ0n) is 3.53. The Morgan fingerprint density at radius 1 is 1.43 bits per heavy atom. The van der Waals surface area contributed by atoms with E-state index in [0.717, 1.165) is 13.2 Å². The fourth-order valence-corrected chi connectivity index (χ4v) is 0. The molecule has 1 N–H and O–H groups in total. The van der Waals surface area contributed by atoms with E-state index in [9.17, 15) is 0 Å². The fourth-order valence-electron chi connectivity index (χ4n) is 0. The van der Waals surface area contributed by atoms with Crippen molar-refractivity contribution in [2.45, 2.75) is 0 Å². The van der Waals surface area contributed by atoms with Crippen LogP contribution >= 0.6 is 0 Å². The summed E-state index contributed by atoms with van der Waals surface area (Å²) in [6.45, 7) is 2.00. The standard InChI is InChI=1S/C2H4O.H2O.2O.V/c1-2-3-1;;;;/h1-2H2;1H2;;;/q;;;;+1/p-1. The maximum absolute atomic E-state index is 8.67. The van der Waals surface area contributed by atoms with Gasteiger partial charge in [-0.05, 0) is 0 Å². The van der Waals surface area contributed by atoms with Crippen molar-refractivity contribution in [2.75, 3.05) is 13.2 Å². The molecule has 0 aromatic heterocycles. The Labute approximate surface area is 45.5 Å². The monoisotopic (exact) mass is 144 g/mol. The Morgan fingerprint density at radius 2 is 1.57 bits per heavy atom. The second kappa shape index (κ2) is 4.27. The van der Waals surface area contributed by atoms with Gasteiger partial charge in [-0.3, -0.25) is 0 Å². The third-order valence-corrected chi connectivity index (χ3v) is 0.204. The van der Waals surface area contributed by atoms with E-state index in [1.165, 1.54) is 0 Å². The van der Waals surface area contributed by atoms with E-state index in [4.69, 9.17) is 11.4 Å². The van der Waals surface area contributed by atoms with E-state index in [1.807, 2.05) is 0 Å². The molecule has 1 heterocycles. The molecule has 0 aromatic carbocycles. The first-order chi connectivity index (χ1) is 3.23. The van der Waals surface area contributed by atoms with Crippen LogP contribution < -0.4 is 0 Å². The van der Waals surface area contributed by atoms with Crippen molar-refractivity contribution < 1.29 is 31.5 Å². The summed E-state index contributed by atoms with van der Waals surface area (Å²) in [5, 5.41) is 0. The van der Waals surface area contributed by atoms with Crippen LogP contribution in [0.1, 0.15) is 0 Å². The molecule has 0 atom stereocenters. The van der Waals surface area contributed by atoms with E-state index < -0.39 is 15.4 Å². The molecule has 0 aromatic rings. The second-order valence-corrected chi connectivity index (χ2v) is 1.59. The maximum atomic E-state index is 8.67. The molecule has 4 nitrogen and oxygen atoms in total. The topological polar surface area (TPSA) is 66.9 Å². The van der Waals surface area contributed by atoms with Crippen LogP contribution in [-0.2, 0) is 27.5 Å². The number of hydrogen-bond donors (Lipinski definition) is 1. The van der Waals surface area contributed by atoms with Gasteiger partial charge in [-0.1, -0.05) is 0 Å². The summed E-state index contributed by atoms with van der Waals surface area (Å²) in [7, 11) is 0. The van der Waals surface area contributed by atoms with Crippen molar-refractivity contribution in [1.29, 1.82) is 0 Å². The van der Waals surface area contributed by atoms with Crippen molar-refractivity contribution in [2.24, 2.45) is 0 Å². The summed E-state index contributed by atoms with van der Waals surface area (Å²) in [5.74, 6) is 0. The Kier molecular flexibility index (Phi) is 4.33. The quantitative estimate of drug-likeness (QED) is 0.453. The Hall–Kier alpha value is 0.104. The van der Waals surface area contributed by atoms with Crippen LogP contribution in [0.15, 0.2) is 0 Å². The van der Waals surface area contributed by atoms with Crippen LogP contribution in [-0.4, -0.2) is 17.2 Å². The summed E-state index contributed by atoms with van der Waals surface area (Å²) < 4.78 is 28.9. The number of hydrogen-bond acceptors (Lipinski definition) is 3. The molecule has 1 aliphatic rings. The van der Waals surface area contributed by atoms with Gasteiger partial charge in [0.25, 0.3) is 0 Å². The van der Waals surface area contributed by atoms with Crippen molar-refractivity contribution in [3.05, 3.63) is 0 Å². The van der Waals surface area contributed by atoms with E-state index in [2.05, 4.69) is 4.74 Å². The molecule has 1 saturated heterocycles. The molecule has 1 fully saturated rings. The van der Waals surface area contributed by atoms with E-state index in [0.29, 0.717) is 0 Å². The number of rotatable bonds is 0. The summed E-state index contributed by atoms with van der Waals surface area (Å²) >= 11 is -3.69. The van der Waals surface area contributed by atoms with E-state index in [-0.39, 0.29) is 0 Å². The van der Waals surface area contributed by atoms with Gasteiger partial charge in [0.15, 0.2) is 0 Å². The molecule has 5 heteroatoms. The van der Waals surface area contributed by atoms with Gasteiger partial charge in [0.2, 0.25) is 0 Å². The molecule has 0 amide bonds. The molecule has 0 bridgehead atoms. The first-order valence-corrected chi connectivity index (χ1v) is 3.41. The predicted octanol–water partition coefficient (Wildman–Crippen LogP) is -0.780. The Balaban J connectivity index is 0.000000105. The molecule has 1 rings (SSSR count). The van der Waals surface area contributed by atoms with Gasteiger partial charge in [0.05, 0.1) is 13.2 Å². The molecule has 1 aliphatic heterocycles. The third-order valence-electron chi connectivity index (χ3n) is 0.204. The first kappa shape index (κ1) is 7.10. The second-order valence-electron chi connectivity index (χ2n) is 0.850. The predicted molar refractivity (Wildman–Crippen MR) is 14.4 cm³/mol. The third kappa shape index (κ3) is 84.3. The van der Waals surface area contributed by atoms with Crippen LogP contribution in [0.5, 0.6) is 0 Å². The van der Waals surface area contributed by atoms with Crippen molar-refractivity contribution in [3.63, 3.8) is 0 Å². The molecular weight excluding hydrogens is 139 g/mol. The molecular formula is C2H5O4V. The summed E-state index contributed by atoms with van der Waals surface area (Å²) in [6, 6.07) is 0. The first-order valence-electron chi connectivity index (χ1n) is 1.64. The van der Waals surface area contributed by atoms with Crippen LogP contribution in [0, 0.1) is 0 Å². The van der Waals surface area contributed by atoms with Gasteiger partial charge in [0, 0.05) is 0 Å². The Morgan fingerprint density at radius 3 is 1.57 bits per heavy atom. The number of ether oxygens (including phenoxy) is 1. The van der Waals surface area contributed by atoms with Gasteiger partial charge in [0.1, 0.15) is 0 Å².